The van der Waals surface area contributed by atoms with Crippen molar-refractivity contribution in [1.29, 1.82) is 0 Å². The van der Waals surface area contributed by atoms with Gasteiger partial charge < -0.3 is 4.90 Å². The molecule has 0 aliphatic carbocycles. The highest BCUT2D eigenvalue weighted by Crippen LogP contribution is 2.46. The predicted octanol–water partition coefficient (Wildman–Crippen LogP) is 10.8. The fourth-order valence-corrected chi connectivity index (χ4v) is 8.90. The number of nitrogens with zero attached hydrogens (tertiary/aromatic N) is 3. The summed E-state index contributed by atoms with van der Waals surface area (Å²) in [5.74, 6) is 0.964. The molecule has 3 heterocycles. The van der Waals surface area contributed by atoms with Crippen LogP contribution in [0, 0.1) is 0 Å². The fraction of sp³-hybridized carbons (Fsp3) is 0. The van der Waals surface area contributed by atoms with Crippen LogP contribution in [0.25, 0.3) is 43.9 Å². The Balaban J connectivity index is 1.21. The van der Waals surface area contributed by atoms with Gasteiger partial charge in [0.25, 0.3) is 6.71 Å². The monoisotopic (exact) mass is 673 g/mol. The Hall–Kier alpha value is -6.91. The summed E-state index contributed by atoms with van der Waals surface area (Å²) < 4.78 is 0. The Bertz CT molecular complexity index is 2800. The lowest BCUT2D eigenvalue weighted by Gasteiger charge is -2.43. The summed E-state index contributed by atoms with van der Waals surface area (Å²) in [6.45, 7) is 0.0165. The summed E-state index contributed by atoms with van der Waals surface area (Å²) in [6, 6.07) is 70.1. The van der Waals surface area contributed by atoms with Gasteiger partial charge in [0.2, 0.25) is 0 Å². The molecule has 2 aliphatic rings. The number of benzene rings is 8. The van der Waals surface area contributed by atoms with Crippen molar-refractivity contribution in [3.05, 3.63) is 194 Å². The zero-order valence-electron chi connectivity index (χ0n) is 28.9. The number of pyridine rings is 1. The van der Waals surface area contributed by atoms with E-state index in [0.717, 1.165) is 34.1 Å². The van der Waals surface area contributed by atoms with Gasteiger partial charge >= 0.3 is 0 Å². The van der Waals surface area contributed by atoms with Crippen LogP contribution in [0.5, 0.6) is 0 Å². The quantitative estimate of drug-likeness (QED) is 0.137. The number of para-hydroxylation sites is 3. The first-order chi connectivity index (χ1) is 26.3. The summed E-state index contributed by atoms with van der Waals surface area (Å²) >= 11 is 0. The highest BCUT2D eigenvalue weighted by Gasteiger charge is 2.43. The summed E-state index contributed by atoms with van der Waals surface area (Å²) in [5.41, 5.74) is 14.2. The number of anilines is 6. The third-order valence-electron chi connectivity index (χ3n) is 11.0. The van der Waals surface area contributed by atoms with Gasteiger partial charge in [-0.15, -0.1) is 0 Å². The van der Waals surface area contributed by atoms with E-state index in [0.29, 0.717) is 0 Å². The van der Waals surface area contributed by atoms with E-state index in [1.165, 1.54) is 60.4 Å². The van der Waals surface area contributed by atoms with Crippen molar-refractivity contribution in [3.63, 3.8) is 0 Å². The Morgan fingerprint density at radius 2 is 0.849 bits per heavy atom. The summed E-state index contributed by atoms with van der Waals surface area (Å²) in [5, 5.41) is 4.85. The van der Waals surface area contributed by atoms with Crippen LogP contribution in [0.1, 0.15) is 0 Å². The molecule has 0 fully saturated rings. The van der Waals surface area contributed by atoms with Crippen LogP contribution in [0.4, 0.5) is 34.3 Å². The average Bonchev–Trinajstić information content (AvgIpc) is 3.23. The van der Waals surface area contributed by atoms with E-state index >= 15 is 0 Å². The number of aromatic nitrogens is 1. The second kappa shape index (κ2) is 11.8. The van der Waals surface area contributed by atoms with Gasteiger partial charge in [0.05, 0.1) is 5.69 Å². The summed E-state index contributed by atoms with van der Waals surface area (Å²) in [6.07, 6.45) is 0. The topological polar surface area (TPSA) is 19.4 Å². The molecule has 53 heavy (non-hydrogen) atoms. The van der Waals surface area contributed by atoms with Crippen molar-refractivity contribution < 1.29 is 0 Å². The van der Waals surface area contributed by atoms with Crippen LogP contribution in [-0.2, 0) is 0 Å². The molecule has 0 atom stereocenters. The van der Waals surface area contributed by atoms with Crippen LogP contribution >= 0.6 is 0 Å². The van der Waals surface area contributed by atoms with Crippen molar-refractivity contribution >= 4 is 78.9 Å². The van der Waals surface area contributed by atoms with Crippen molar-refractivity contribution in [2.24, 2.45) is 0 Å². The van der Waals surface area contributed by atoms with E-state index in [1.807, 2.05) is 0 Å². The van der Waals surface area contributed by atoms with Crippen molar-refractivity contribution in [2.45, 2.75) is 0 Å². The second-order valence-electron chi connectivity index (χ2n) is 13.9. The number of rotatable bonds is 4. The third kappa shape index (κ3) is 4.46. The van der Waals surface area contributed by atoms with Gasteiger partial charge in [-0.1, -0.05) is 146 Å². The molecule has 4 heteroatoms. The molecule has 3 nitrogen and oxygen atoms in total. The van der Waals surface area contributed by atoms with E-state index < -0.39 is 0 Å². The van der Waals surface area contributed by atoms with E-state index in [1.54, 1.807) is 0 Å². The van der Waals surface area contributed by atoms with Crippen molar-refractivity contribution in [1.82, 2.24) is 4.98 Å². The molecule has 11 rings (SSSR count). The molecule has 1 aromatic heterocycles. The van der Waals surface area contributed by atoms with E-state index in [9.17, 15) is 0 Å². The van der Waals surface area contributed by atoms with Gasteiger partial charge in [-0.2, -0.15) is 0 Å². The van der Waals surface area contributed by atoms with E-state index in [2.05, 4.69) is 204 Å². The van der Waals surface area contributed by atoms with E-state index in [-0.39, 0.29) is 6.71 Å². The average molecular weight is 674 g/mol. The molecule has 0 bridgehead atoms. The van der Waals surface area contributed by atoms with Crippen LogP contribution in [-0.4, -0.2) is 11.7 Å². The SMILES string of the molecule is c1ccc(-c2c3ccccc3c(-c3ccc4c(n3)N(c3ccccc3)c3cccc5c3B4c3ccccc3N5c3ccccc3)c3ccccc23)cc1. The lowest BCUT2D eigenvalue weighted by Crippen LogP contribution is -2.61. The molecule has 0 radical (unpaired) electrons. The molecule has 246 valence electrons. The fourth-order valence-electron chi connectivity index (χ4n) is 8.90. The van der Waals surface area contributed by atoms with Gasteiger partial charge in [0, 0.05) is 34.0 Å². The maximum Gasteiger partial charge on any atom is 0.254 e. The smallest absolute Gasteiger partial charge is 0.254 e. The standard InChI is InChI=1S/C49H32BN3/c1-4-17-33(18-5-1)46-36-23-10-12-25-38(36)47(39-26-13-11-24-37(39)46)42-32-31-41-49(51-42)53(35-21-8-3-9-22-35)45-30-16-29-44-48(45)50(41)40-27-14-15-28-43(40)52(44)34-19-6-2-7-20-34/h1-32H. The first-order valence-corrected chi connectivity index (χ1v) is 18.3. The number of hydrogen-bond donors (Lipinski definition) is 0. The molecule has 0 unspecified atom stereocenters. The first kappa shape index (κ1) is 29.8. The Labute approximate surface area is 309 Å². The molecule has 0 spiro atoms. The lowest BCUT2D eigenvalue weighted by molar-refractivity contribution is 1.19. The van der Waals surface area contributed by atoms with Gasteiger partial charge in [-0.3, -0.25) is 4.90 Å². The Morgan fingerprint density at radius 1 is 0.358 bits per heavy atom. The predicted molar refractivity (Wildman–Crippen MR) is 224 cm³/mol. The van der Waals surface area contributed by atoms with Gasteiger partial charge in [0.1, 0.15) is 5.82 Å². The first-order valence-electron chi connectivity index (χ1n) is 18.3. The number of hydrogen-bond acceptors (Lipinski definition) is 3. The maximum atomic E-state index is 5.76. The molecule has 0 saturated heterocycles. The summed E-state index contributed by atoms with van der Waals surface area (Å²) in [7, 11) is 0. The van der Waals surface area contributed by atoms with Crippen LogP contribution in [0.2, 0.25) is 0 Å². The normalized spacial score (nSPS) is 12.8. The molecular formula is C49H32BN3. The third-order valence-corrected chi connectivity index (χ3v) is 11.0. The highest BCUT2D eigenvalue weighted by atomic mass is 15.2. The second-order valence-corrected chi connectivity index (χ2v) is 13.9. The maximum absolute atomic E-state index is 5.76. The number of fused-ring (bicyclic) bond motifs is 6. The van der Waals surface area contributed by atoms with Gasteiger partial charge in [-0.05, 0) is 97.6 Å². The zero-order valence-corrected chi connectivity index (χ0v) is 28.9. The minimum Gasteiger partial charge on any atom is -0.311 e. The Morgan fingerprint density at radius 3 is 1.49 bits per heavy atom. The van der Waals surface area contributed by atoms with Crippen LogP contribution in [0.15, 0.2) is 194 Å². The molecule has 8 aromatic carbocycles. The molecule has 0 N–H and O–H groups in total. The van der Waals surface area contributed by atoms with Crippen molar-refractivity contribution in [2.75, 3.05) is 9.80 Å². The minimum absolute atomic E-state index is 0.0165. The molecule has 2 aliphatic heterocycles. The minimum atomic E-state index is 0.0165. The molecular weight excluding hydrogens is 641 g/mol. The molecule has 0 saturated carbocycles. The van der Waals surface area contributed by atoms with E-state index in [4.69, 9.17) is 4.98 Å². The largest absolute Gasteiger partial charge is 0.311 e. The van der Waals surface area contributed by atoms with Crippen LogP contribution in [0.3, 0.4) is 0 Å². The van der Waals surface area contributed by atoms with Gasteiger partial charge in [0.15, 0.2) is 0 Å². The molecule has 9 aromatic rings. The van der Waals surface area contributed by atoms with Gasteiger partial charge in [-0.25, -0.2) is 4.98 Å². The zero-order chi connectivity index (χ0) is 34.9. The Kier molecular flexibility index (Phi) is 6.65. The van der Waals surface area contributed by atoms with Crippen LogP contribution < -0.4 is 26.2 Å². The molecule has 0 amide bonds. The summed E-state index contributed by atoms with van der Waals surface area (Å²) in [4.78, 5) is 10.6. The van der Waals surface area contributed by atoms with Crippen molar-refractivity contribution in [3.8, 4) is 22.4 Å². The lowest BCUT2D eigenvalue weighted by atomic mass is 9.33. The highest BCUT2D eigenvalue weighted by molar-refractivity contribution is 7.00.